The van der Waals surface area contributed by atoms with Gasteiger partial charge in [0.1, 0.15) is 0 Å². The van der Waals surface area contributed by atoms with Gasteiger partial charge in [0, 0.05) is 32.4 Å². The van der Waals surface area contributed by atoms with Gasteiger partial charge in [-0.25, -0.2) is 9.78 Å². The number of aromatic nitrogens is 1. The third-order valence-corrected chi connectivity index (χ3v) is 5.29. The van der Waals surface area contributed by atoms with E-state index in [1.165, 1.54) is 17.0 Å². The highest BCUT2D eigenvalue weighted by molar-refractivity contribution is 7.22. The molecule has 0 aliphatic carbocycles. The summed E-state index contributed by atoms with van der Waals surface area (Å²) in [5, 5.41) is 3.51. The Labute approximate surface area is 158 Å². The fraction of sp³-hybridized carbons (Fsp3) is 0.300. The summed E-state index contributed by atoms with van der Waals surface area (Å²) < 4.78 is 1.07. The van der Waals surface area contributed by atoms with Crippen LogP contribution in [0, 0.1) is 0 Å². The number of thiazole rings is 1. The average Bonchev–Trinajstić information content (AvgIpc) is 3.06. The number of hydrogen-bond acceptors (Lipinski definition) is 4. The number of rotatable bonds is 6. The molecule has 26 heavy (non-hydrogen) atoms. The monoisotopic (exact) mass is 368 g/mol. The summed E-state index contributed by atoms with van der Waals surface area (Å²) in [7, 11) is 1.79. The normalized spacial score (nSPS) is 10.7. The molecule has 0 radical (unpaired) electrons. The summed E-state index contributed by atoms with van der Waals surface area (Å²) in [6, 6.07) is 16.1. The maximum atomic E-state index is 12.4. The zero-order chi connectivity index (χ0) is 18.5. The second-order valence-corrected chi connectivity index (χ2v) is 7.14. The lowest BCUT2D eigenvalue weighted by molar-refractivity contribution is 0.220. The number of amides is 2. The molecular formula is C20H24N4OS. The molecule has 2 aromatic carbocycles. The lowest BCUT2D eigenvalue weighted by atomic mass is 10.2. The minimum atomic E-state index is -0.156. The van der Waals surface area contributed by atoms with E-state index >= 15 is 0 Å². The second kappa shape index (κ2) is 8.19. The van der Waals surface area contributed by atoms with E-state index in [4.69, 9.17) is 0 Å². The third kappa shape index (κ3) is 4.14. The molecule has 6 heteroatoms. The highest BCUT2D eigenvalue weighted by Crippen LogP contribution is 2.25. The van der Waals surface area contributed by atoms with Crippen LogP contribution < -0.4 is 10.2 Å². The number of para-hydroxylation sites is 1. The lowest BCUT2D eigenvalue weighted by Gasteiger charge is -2.22. The number of nitrogens with zero attached hydrogens (tertiary/aromatic N) is 3. The summed E-state index contributed by atoms with van der Waals surface area (Å²) in [6.45, 7) is 6.82. The van der Waals surface area contributed by atoms with Crippen LogP contribution in [-0.4, -0.2) is 36.1 Å². The van der Waals surface area contributed by atoms with Gasteiger partial charge in [-0.2, -0.15) is 0 Å². The molecular weight excluding hydrogens is 344 g/mol. The van der Waals surface area contributed by atoms with Crippen molar-refractivity contribution in [1.29, 1.82) is 0 Å². The number of carbonyl (C=O) groups is 1. The molecule has 0 spiro atoms. The van der Waals surface area contributed by atoms with Crippen molar-refractivity contribution in [1.82, 2.24) is 9.88 Å². The summed E-state index contributed by atoms with van der Waals surface area (Å²) in [5.74, 6) is 0. The Morgan fingerprint density at radius 1 is 1.08 bits per heavy atom. The first-order valence-electron chi connectivity index (χ1n) is 8.82. The van der Waals surface area contributed by atoms with Gasteiger partial charge in [-0.15, -0.1) is 0 Å². The number of fused-ring (bicyclic) bond motifs is 1. The molecule has 0 aliphatic heterocycles. The van der Waals surface area contributed by atoms with Gasteiger partial charge in [0.2, 0.25) is 0 Å². The van der Waals surface area contributed by atoms with Crippen LogP contribution in [0.3, 0.4) is 0 Å². The van der Waals surface area contributed by atoms with Crippen molar-refractivity contribution >= 4 is 38.4 Å². The molecule has 0 fully saturated rings. The first kappa shape index (κ1) is 18.2. The number of nitrogens with one attached hydrogen (secondary N) is 1. The molecule has 2 amide bonds. The number of urea groups is 1. The average molecular weight is 369 g/mol. The smallest absolute Gasteiger partial charge is 0.323 e. The maximum Gasteiger partial charge on any atom is 0.323 e. The van der Waals surface area contributed by atoms with Crippen LogP contribution in [-0.2, 0) is 6.54 Å². The molecule has 1 heterocycles. The molecule has 0 saturated heterocycles. The van der Waals surface area contributed by atoms with Crippen molar-refractivity contribution in [3.05, 3.63) is 54.1 Å². The molecule has 136 valence electrons. The van der Waals surface area contributed by atoms with Crippen LogP contribution in [0.5, 0.6) is 0 Å². The Hall–Kier alpha value is -2.60. The Morgan fingerprint density at radius 3 is 2.42 bits per heavy atom. The van der Waals surface area contributed by atoms with Crippen molar-refractivity contribution in [3.63, 3.8) is 0 Å². The standard InChI is InChI=1S/C20H24N4OS/c1-4-24(5-2)16-12-10-15(11-13-16)14-23(3)20(25)22-19-21-17-8-6-7-9-18(17)26-19/h6-13H,4-5,14H2,1-3H3,(H,21,22,25). The third-order valence-electron chi connectivity index (χ3n) is 4.34. The second-order valence-electron chi connectivity index (χ2n) is 6.11. The Kier molecular flexibility index (Phi) is 5.73. The Morgan fingerprint density at radius 2 is 1.77 bits per heavy atom. The minimum absolute atomic E-state index is 0.156. The van der Waals surface area contributed by atoms with E-state index in [-0.39, 0.29) is 6.03 Å². The molecule has 0 atom stereocenters. The maximum absolute atomic E-state index is 12.4. The van der Waals surface area contributed by atoms with E-state index in [1.54, 1.807) is 11.9 Å². The van der Waals surface area contributed by atoms with Gasteiger partial charge in [0.05, 0.1) is 10.2 Å². The van der Waals surface area contributed by atoms with Crippen molar-refractivity contribution in [2.24, 2.45) is 0 Å². The Balaban J connectivity index is 1.61. The predicted octanol–water partition coefficient (Wildman–Crippen LogP) is 4.81. The fourth-order valence-corrected chi connectivity index (χ4v) is 3.71. The van der Waals surface area contributed by atoms with Crippen LogP contribution in [0.15, 0.2) is 48.5 Å². The van der Waals surface area contributed by atoms with Gasteiger partial charge < -0.3 is 9.80 Å². The van der Waals surface area contributed by atoms with E-state index < -0.39 is 0 Å². The zero-order valence-corrected chi connectivity index (χ0v) is 16.2. The molecule has 0 saturated carbocycles. The molecule has 3 rings (SSSR count). The van der Waals surface area contributed by atoms with E-state index in [9.17, 15) is 4.79 Å². The van der Waals surface area contributed by atoms with E-state index in [0.29, 0.717) is 11.7 Å². The quantitative estimate of drug-likeness (QED) is 0.679. The van der Waals surface area contributed by atoms with E-state index in [2.05, 4.69) is 53.3 Å². The van der Waals surface area contributed by atoms with Crippen molar-refractivity contribution in [2.45, 2.75) is 20.4 Å². The molecule has 0 aliphatic rings. The minimum Gasteiger partial charge on any atom is -0.372 e. The number of hydrogen-bond donors (Lipinski definition) is 1. The SMILES string of the molecule is CCN(CC)c1ccc(CN(C)C(=O)Nc2nc3ccccc3s2)cc1. The fourth-order valence-electron chi connectivity index (χ4n) is 2.86. The summed E-state index contributed by atoms with van der Waals surface area (Å²) in [5.41, 5.74) is 3.21. The molecule has 3 aromatic rings. The predicted molar refractivity (Wildman–Crippen MR) is 110 cm³/mol. The highest BCUT2D eigenvalue weighted by Gasteiger charge is 2.12. The number of anilines is 2. The van der Waals surface area contributed by atoms with Crippen LogP contribution in [0.25, 0.3) is 10.2 Å². The highest BCUT2D eigenvalue weighted by atomic mass is 32.1. The van der Waals surface area contributed by atoms with E-state index in [0.717, 1.165) is 28.9 Å². The number of benzene rings is 2. The van der Waals surface area contributed by atoms with E-state index in [1.807, 2.05) is 24.3 Å². The van der Waals surface area contributed by atoms with Crippen LogP contribution in [0.4, 0.5) is 15.6 Å². The lowest BCUT2D eigenvalue weighted by Crippen LogP contribution is -2.30. The topological polar surface area (TPSA) is 48.5 Å². The summed E-state index contributed by atoms with van der Waals surface area (Å²) >= 11 is 1.48. The van der Waals surface area contributed by atoms with Crippen molar-refractivity contribution in [3.8, 4) is 0 Å². The summed E-state index contributed by atoms with van der Waals surface area (Å²) in [6.07, 6.45) is 0. The van der Waals surface area contributed by atoms with Gasteiger partial charge in [-0.1, -0.05) is 35.6 Å². The van der Waals surface area contributed by atoms with Crippen LogP contribution in [0.1, 0.15) is 19.4 Å². The first-order chi connectivity index (χ1) is 12.6. The van der Waals surface area contributed by atoms with Crippen LogP contribution in [0.2, 0.25) is 0 Å². The van der Waals surface area contributed by atoms with Gasteiger partial charge in [0.15, 0.2) is 5.13 Å². The molecule has 1 N–H and O–H groups in total. The molecule has 5 nitrogen and oxygen atoms in total. The van der Waals surface area contributed by atoms with Crippen LogP contribution >= 0.6 is 11.3 Å². The first-order valence-corrected chi connectivity index (χ1v) is 9.64. The zero-order valence-electron chi connectivity index (χ0n) is 15.4. The summed E-state index contributed by atoms with van der Waals surface area (Å²) in [4.78, 5) is 20.8. The molecule has 0 bridgehead atoms. The van der Waals surface area contributed by atoms with Gasteiger partial charge >= 0.3 is 6.03 Å². The van der Waals surface area contributed by atoms with Crippen molar-refractivity contribution < 1.29 is 4.79 Å². The van der Waals surface area contributed by atoms with Gasteiger partial charge in [0.25, 0.3) is 0 Å². The van der Waals surface area contributed by atoms with Gasteiger partial charge in [-0.3, -0.25) is 5.32 Å². The van der Waals surface area contributed by atoms with Crippen molar-refractivity contribution in [2.75, 3.05) is 30.4 Å². The van der Waals surface area contributed by atoms with Gasteiger partial charge in [-0.05, 0) is 43.7 Å². The Bertz CT molecular complexity index is 838. The molecule has 0 unspecified atom stereocenters. The molecule has 1 aromatic heterocycles. The number of carbonyl (C=O) groups excluding carboxylic acids is 1. The largest absolute Gasteiger partial charge is 0.372 e.